The predicted molar refractivity (Wildman–Crippen MR) is 136 cm³/mol. The number of aliphatic imine (C=N–C) groups is 1. The van der Waals surface area contributed by atoms with Crippen molar-refractivity contribution in [2.45, 2.75) is 45.9 Å². The van der Waals surface area contributed by atoms with E-state index < -0.39 is 12.0 Å². The average molecular weight is 496 g/mol. The minimum Gasteiger partial charge on any atom is -0.459 e. The normalized spacial score (nSPS) is 17.3. The number of ether oxygens (including phenoxy) is 1. The van der Waals surface area contributed by atoms with E-state index in [1.807, 2.05) is 73.5 Å². The summed E-state index contributed by atoms with van der Waals surface area (Å²) in [6, 6.07) is 16.7. The number of carbonyl (C=O) groups is 2. The molecule has 0 radical (unpaired) electrons. The van der Waals surface area contributed by atoms with Gasteiger partial charge in [0.1, 0.15) is 0 Å². The molecule has 0 unspecified atom stereocenters. The number of fused-ring (bicyclic) bond motifs is 1. The van der Waals surface area contributed by atoms with Crippen molar-refractivity contribution >= 4 is 40.4 Å². The second kappa shape index (κ2) is 10.5. The summed E-state index contributed by atoms with van der Waals surface area (Å²) >= 11 is 7.58. The SMILES string of the molecule is CC1=C(C(=O)OC(C)C)[C@H](c2ccc(Cl)cc2)N2C(CC(=O)NCc3ccccc3)=CSC2=N1. The molecule has 0 saturated carbocycles. The molecule has 4 rings (SSSR count). The highest BCUT2D eigenvalue weighted by molar-refractivity contribution is 8.16. The van der Waals surface area contributed by atoms with E-state index in [4.69, 9.17) is 16.3 Å². The number of nitrogens with one attached hydrogen (secondary N) is 1. The van der Waals surface area contributed by atoms with Crippen LogP contribution in [0.25, 0.3) is 0 Å². The number of benzene rings is 2. The van der Waals surface area contributed by atoms with Gasteiger partial charge in [0.05, 0.1) is 29.8 Å². The van der Waals surface area contributed by atoms with E-state index in [-0.39, 0.29) is 18.4 Å². The molecule has 0 aromatic heterocycles. The Hall–Kier alpha value is -3.03. The van der Waals surface area contributed by atoms with Gasteiger partial charge in [0.2, 0.25) is 5.91 Å². The van der Waals surface area contributed by atoms with Gasteiger partial charge < -0.3 is 15.0 Å². The summed E-state index contributed by atoms with van der Waals surface area (Å²) < 4.78 is 5.56. The lowest BCUT2D eigenvalue weighted by molar-refractivity contribution is -0.143. The van der Waals surface area contributed by atoms with Crippen molar-refractivity contribution < 1.29 is 14.3 Å². The lowest BCUT2D eigenvalue weighted by Crippen LogP contribution is -2.38. The number of amidine groups is 1. The fourth-order valence-electron chi connectivity index (χ4n) is 3.89. The zero-order valence-corrected chi connectivity index (χ0v) is 20.8. The summed E-state index contributed by atoms with van der Waals surface area (Å²) in [5, 5.41) is 6.23. The van der Waals surface area contributed by atoms with E-state index in [0.717, 1.165) is 22.0 Å². The maximum atomic E-state index is 13.1. The van der Waals surface area contributed by atoms with Crippen molar-refractivity contribution in [3.63, 3.8) is 0 Å². The second-order valence-electron chi connectivity index (χ2n) is 8.34. The first-order valence-electron chi connectivity index (χ1n) is 11.0. The van der Waals surface area contributed by atoms with Crippen molar-refractivity contribution in [2.75, 3.05) is 0 Å². The molecular formula is C26H26ClN3O3S. The predicted octanol–water partition coefficient (Wildman–Crippen LogP) is 5.57. The quantitative estimate of drug-likeness (QED) is 0.508. The fourth-order valence-corrected chi connectivity index (χ4v) is 4.98. The monoisotopic (exact) mass is 495 g/mol. The fraction of sp³-hybridized carbons (Fsp3) is 0.269. The van der Waals surface area contributed by atoms with Gasteiger partial charge in [-0.3, -0.25) is 4.79 Å². The van der Waals surface area contributed by atoms with Gasteiger partial charge >= 0.3 is 5.97 Å². The molecule has 6 nitrogen and oxygen atoms in total. The van der Waals surface area contributed by atoms with Crippen LogP contribution >= 0.6 is 23.4 Å². The third-order valence-electron chi connectivity index (χ3n) is 5.42. The zero-order valence-electron chi connectivity index (χ0n) is 19.2. The number of carbonyl (C=O) groups excluding carboxylic acids is 2. The highest BCUT2D eigenvalue weighted by Crippen LogP contribution is 2.45. The van der Waals surface area contributed by atoms with Crippen molar-refractivity contribution in [3.05, 3.63) is 93.1 Å². The molecule has 2 aromatic rings. The highest BCUT2D eigenvalue weighted by atomic mass is 35.5. The number of allylic oxidation sites excluding steroid dienone is 1. The van der Waals surface area contributed by atoms with Crippen LogP contribution in [0.1, 0.15) is 44.4 Å². The first kappa shape index (κ1) is 24.1. The first-order valence-corrected chi connectivity index (χ1v) is 12.3. The molecule has 0 aliphatic carbocycles. The van der Waals surface area contributed by atoms with E-state index in [9.17, 15) is 9.59 Å². The summed E-state index contributed by atoms with van der Waals surface area (Å²) in [6.45, 7) is 5.90. The molecule has 2 aliphatic heterocycles. The standard InChI is InChI=1S/C26H26ClN3O3S/c1-16(2)33-25(32)23-17(3)29-26-30(24(23)19-9-11-20(27)12-10-19)21(15-34-26)13-22(31)28-14-18-7-5-4-6-8-18/h4-12,15-16,24H,13-14H2,1-3H3,(H,28,31)/t24-/m0/s1. The van der Waals surface area contributed by atoms with Gasteiger partial charge in [-0.15, -0.1) is 0 Å². The molecule has 0 fully saturated rings. The first-order chi connectivity index (χ1) is 16.3. The smallest absolute Gasteiger partial charge is 0.338 e. The Morgan fingerprint density at radius 1 is 1.15 bits per heavy atom. The number of rotatable bonds is 7. The molecule has 1 atom stereocenters. The molecule has 2 aromatic carbocycles. The number of thioether (sulfide) groups is 1. The van der Waals surface area contributed by atoms with Crippen LogP contribution in [0.3, 0.4) is 0 Å². The van der Waals surface area contributed by atoms with E-state index in [0.29, 0.717) is 22.8 Å². The molecule has 0 saturated heterocycles. The Labute approximate surface area is 208 Å². The minimum atomic E-state index is -0.473. The maximum absolute atomic E-state index is 13.1. The largest absolute Gasteiger partial charge is 0.459 e. The lowest BCUT2D eigenvalue weighted by Gasteiger charge is -2.36. The van der Waals surface area contributed by atoms with Gasteiger partial charge in [-0.05, 0) is 49.4 Å². The Kier molecular flexibility index (Phi) is 7.44. The summed E-state index contributed by atoms with van der Waals surface area (Å²) in [5.74, 6) is -0.524. The average Bonchev–Trinajstić information content (AvgIpc) is 3.19. The number of hydrogen-bond donors (Lipinski definition) is 1. The van der Waals surface area contributed by atoms with Crippen LogP contribution in [0.4, 0.5) is 0 Å². The molecular weight excluding hydrogens is 470 g/mol. The molecule has 0 spiro atoms. The number of nitrogens with zero attached hydrogens (tertiary/aromatic N) is 2. The van der Waals surface area contributed by atoms with Crippen LogP contribution in [0.5, 0.6) is 0 Å². The van der Waals surface area contributed by atoms with Crippen molar-refractivity contribution in [1.29, 1.82) is 0 Å². The number of esters is 1. The third kappa shape index (κ3) is 5.37. The van der Waals surface area contributed by atoms with Gasteiger partial charge in [-0.2, -0.15) is 0 Å². The second-order valence-corrected chi connectivity index (χ2v) is 9.61. The van der Waals surface area contributed by atoms with Crippen molar-refractivity contribution in [1.82, 2.24) is 10.2 Å². The molecule has 1 amide bonds. The lowest BCUT2D eigenvalue weighted by atomic mass is 9.94. The zero-order chi connectivity index (χ0) is 24.2. The molecule has 8 heteroatoms. The topological polar surface area (TPSA) is 71.0 Å². The number of halogens is 1. The number of amides is 1. The van der Waals surface area contributed by atoms with Gasteiger partial charge in [-0.1, -0.05) is 65.8 Å². The highest BCUT2D eigenvalue weighted by Gasteiger charge is 2.41. The Morgan fingerprint density at radius 3 is 2.53 bits per heavy atom. The van der Waals surface area contributed by atoms with E-state index in [1.165, 1.54) is 11.8 Å². The Morgan fingerprint density at radius 2 is 1.85 bits per heavy atom. The molecule has 176 valence electrons. The summed E-state index contributed by atoms with van der Waals surface area (Å²) in [4.78, 5) is 32.6. The van der Waals surface area contributed by atoms with Gasteiger partial charge in [-0.25, -0.2) is 9.79 Å². The molecule has 2 heterocycles. The van der Waals surface area contributed by atoms with Crippen LogP contribution in [0.15, 0.2) is 82.0 Å². The maximum Gasteiger partial charge on any atom is 0.338 e. The van der Waals surface area contributed by atoms with E-state index in [1.54, 1.807) is 12.1 Å². The van der Waals surface area contributed by atoms with Gasteiger partial charge in [0, 0.05) is 17.3 Å². The summed E-state index contributed by atoms with van der Waals surface area (Å²) in [5.41, 5.74) is 3.73. The van der Waals surface area contributed by atoms with E-state index in [2.05, 4.69) is 10.3 Å². The van der Waals surface area contributed by atoms with Crippen molar-refractivity contribution in [2.24, 2.45) is 4.99 Å². The van der Waals surface area contributed by atoms with Gasteiger partial charge in [0.15, 0.2) is 5.17 Å². The molecule has 34 heavy (non-hydrogen) atoms. The number of hydrogen-bond acceptors (Lipinski definition) is 6. The third-order valence-corrected chi connectivity index (χ3v) is 6.56. The Bertz CT molecular complexity index is 1170. The van der Waals surface area contributed by atoms with Crippen LogP contribution in [-0.4, -0.2) is 28.0 Å². The van der Waals surface area contributed by atoms with Crippen molar-refractivity contribution in [3.8, 4) is 0 Å². The molecule has 0 bridgehead atoms. The van der Waals surface area contributed by atoms with Crippen LogP contribution in [0.2, 0.25) is 5.02 Å². The summed E-state index contributed by atoms with van der Waals surface area (Å²) in [6.07, 6.45) is -0.107. The summed E-state index contributed by atoms with van der Waals surface area (Å²) in [7, 11) is 0. The van der Waals surface area contributed by atoms with Crippen LogP contribution in [0, 0.1) is 0 Å². The molecule has 2 aliphatic rings. The molecule has 1 N–H and O–H groups in total. The van der Waals surface area contributed by atoms with Crippen LogP contribution < -0.4 is 5.32 Å². The van der Waals surface area contributed by atoms with Gasteiger partial charge in [0.25, 0.3) is 0 Å². The minimum absolute atomic E-state index is 0.107. The van der Waals surface area contributed by atoms with E-state index >= 15 is 0 Å². The Balaban J connectivity index is 1.61. The van der Waals surface area contributed by atoms with Crippen LogP contribution in [-0.2, 0) is 20.9 Å².